The summed E-state index contributed by atoms with van der Waals surface area (Å²) in [7, 11) is 1.78. The van der Waals surface area contributed by atoms with Gasteiger partial charge in [0.2, 0.25) is 0 Å². The summed E-state index contributed by atoms with van der Waals surface area (Å²) in [5.41, 5.74) is 8.74. The van der Waals surface area contributed by atoms with Gasteiger partial charge in [0.05, 0.1) is 12.7 Å². The van der Waals surface area contributed by atoms with E-state index in [9.17, 15) is 20.4 Å². The van der Waals surface area contributed by atoms with E-state index in [2.05, 4.69) is 0 Å². The molecule has 7 N–H and O–H groups in total. The summed E-state index contributed by atoms with van der Waals surface area (Å²) in [5.74, 6) is 0.955. The second-order valence-corrected chi connectivity index (χ2v) is 6.86. The van der Waals surface area contributed by atoms with Crippen molar-refractivity contribution in [1.82, 2.24) is 0 Å². The number of hydrogen-bond donors (Lipinski definition) is 6. The maximum Gasteiger partial charge on any atom is 0.111 e. The largest absolute Gasteiger partial charge is 0.398 e. The van der Waals surface area contributed by atoms with Crippen LogP contribution in [0.3, 0.4) is 0 Å². The number of hydrogen-bond acceptors (Lipinski definition) is 8. The fourth-order valence-electron chi connectivity index (χ4n) is 2.71. The van der Waals surface area contributed by atoms with Crippen molar-refractivity contribution in [3.63, 3.8) is 0 Å². The molecular weight excluding hydrogens is 320 g/mol. The lowest BCUT2D eigenvalue weighted by molar-refractivity contribution is -0.112. The van der Waals surface area contributed by atoms with Crippen LogP contribution in [0.15, 0.2) is 17.0 Å². The lowest BCUT2D eigenvalue weighted by atomic mass is 10.0. The zero-order chi connectivity index (χ0) is 17.1. The number of rotatable bonds is 7. The quantitative estimate of drug-likeness (QED) is 0.340. The van der Waals surface area contributed by atoms with Crippen molar-refractivity contribution < 1.29 is 25.5 Å². The Labute approximate surface area is 139 Å². The highest BCUT2D eigenvalue weighted by Gasteiger charge is 2.31. The number of aliphatic hydroxyl groups is 5. The van der Waals surface area contributed by atoms with E-state index in [1.165, 1.54) is 0 Å². The molecule has 23 heavy (non-hydrogen) atoms. The van der Waals surface area contributed by atoms with Gasteiger partial charge in [-0.2, -0.15) is 0 Å². The minimum absolute atomic E-state index is 0.0669. The molecule has 0 fully saturated rings. The highest BCUT2D eigenvalue weighted by Crippen LogP contribution is 2.41. The lowest BCUT2D eigenvalue weighted by Gasteiger charge is -2.30. The topological polar surface area (TPSA) is 130 Å². The first-order valence-electron chi connectivity index (χ1n) is 7.45. The molecule has 8 heteroatoms. The Hall–Kier alpha value is -1.03. The minimum atomic E-state index is -1.61. The van der Waals surface area contributed by atoms with Crippen LogP contribution in [0.5, 0.6) is 0 Å². The number of likely N-dealkylation sites (N-methyl/N-ethyl adjacent to an activating group) is 1. The van der Waals surface area contributed by atoms with Crippen molar-refractivity contribution in [2.75, 3.05) is 36.6 Å². The lowest BCUT2D eigenvalue weighted by Crippen LogP contribution is -2.49. The Bertz CT molecular complexity index is 545. The van der Waals surface area contributed by atoms with Crippen molar-refractivity contribution in [2.45, 2.75) is 35.7 Å². The Balaban J connectivity index is 2.07. The van der Waals surface area contributed by atoms with E-state index in [1.807, 2.05) is 12.1 Å². The summed E-state index contributed by atoms with van der Waals surface area (Å²) in [4.78, 5) is 2.84. The highest BCUT2D eigenvalue weighted by molar-refractivity contribution is 7.99. The van der Waals surface area contributed by atoms with Crippen LogP contribution in [0.2, 0.25) is 0 Å². The second kappa shape index (κ2) is 7.69. The van der Waals surface area contributed by atoms with Gasteiger partial charge in [-0.05, 0) is 24.1 Å². The molecule has 1 aromatic rings. The zero-order valence-electron chi connectivity index (χ0n) is 13.0. The zero-order valence-corrected chi connectivity index (χ0v) is 13.8. The standard InChI is InChI=1S/C15H24N2O5S/c1-17(6-11(19)13(21)14(22)12(20)7-18)10-3-2-9(16)15-8(10)4-5-23-15/h2-3,11-14,18-22H,4-7,16H2,1H3. The monoisotopic (exact) mass is 344 g/mol. The van der Waals surface area contributed by atoms with Crippen LogP contribution in [0.1, 0.15) is 5.56 Å². The van der Waals surface area contributed by atoms with Crippen LogP contribution in [-0.2, 0) is 6.42 Å². The van der Waals surface area contributed by atoms with Gasteiger partial charge in [0.1, 0.15) is 18.3 Å². The molecule has 0 aliphatic carbocycles. The van der Waals surface area contributed by atoms with E-state index in [0.29, 0.717) is 0 Å². The summed E-state index contributed by atoms with van der Waals surface area (Å²) in [6, 6.07) is 3.69. The van der Waals surface area contributed by atoms with Crippen LogP contribution in [0.4, 0.5) is 11.4 Å². The number of nitrogen functional groups attached to an aromatic ring is 1. The highest BCUT2D eigenvalue weighted by atomic mass is 32.2. The first-order chi connectivity index (χ1) is 10.9. The molecule has 0 saturated heterocycles. The van der Waals surface area contributed by atoms with Gasteiger partial charge < -0.3 is 36.2 Å². The van der Waals surface area contributed by atoms with Gasteiger partial charge in [0.25, 0.3) is 0 Å². The predicted octanol–water partition coefficient (Wildman–Crippen LogP) is -1.21. The van der Waals surface area contributed by atoms with Crippen LogP contribution < -0.4 is 10.6 Å². The first kappa shape index (κ1) is 18.3. The van der Waals surface area contributed by atoms with Crippen LogP contribution in [0.25, 0.3) is 0 Å². The van der Waals surface area contributed by atoms with Crippen molar-refractivity contribution in [1.29, 1.82) is 0 Å². The molecule has 0 spiro atoms. The molecule has 130 valence electrons. The second-order valence-electron chi connectivity index (χ2n) is 5.76. The van der Waals surface area contributed by atoms with Gasteiger partial charge in [-0.25, -0.2) is 0 Å². The predicted molar refractivity (Wildman–Crippen MR) is 89.7 cm³/mol. The molecule has 0 aromatic heterocycles. The molecule has 0 bridgehead atoms. The summed E-state index contributed by atoms with van der Waals surface area (Å²) in [6.07, 6.45) is -5.07. The Morgan fingerprint density at radius 3 is 2.48 bits per heavy atom. The van der Waals surface area contributed by atoms with E-state index in [-0.39, 0.29) is 6.54 Å². The number of nitrogens with zero attached hydrogens (tertiary/aromatic N) is 1. The number of fused-ring (bicyclic) bond motifs is 1. The molecule has 1 heterocycles. The molecule has 1 aromatic carbocycles. The number of aliphatic hydroxyl groups excluding tert-OH is 5. The molecule has 1 aliphatic heterocycles. The van der Waals surface area contributed by atoms with Gasteiger partial charge in [-0.1, -0.05) is 0 Å². The fraction of sp³-hybridized carbons (Fsp3) is 0.600. The van der Waals surface area contributed by atoms with Gasteiger partial charge in [0.15, 0.2) is 0 Å². The van der Waals surface area contributed by atoms with Crippen LogP contribution >= 0.6 is 11.8 Å². The molecule has 0 radical (unpaired) electrons. The fourth-order valence-corrected chi connectivity index (χ4v) is 3.84. The van der Waals surface area contributed by atoms with E-state index in [4.69, 9.17) is 10.8 Å². The molecule has 7 nitrogen and oxygen atoms in total. The Morgan fingerprint density at radius 1 is 1.17 bits per heavy atom. The van der Waals surface area contributed by atoms with Crippen molar-refractivity contribution >= 4 is 23.1 Å². The van der Waals surface area contributed by atoms with Gasteiger partial charge in [-0.3, -0.25) is 0 Å². The summed E-state index contributed by atoms with van der Waals surface area (Å²) in [6.45, 7) is -0.624. The first-order valence-corrected chi connectivity index (χ1v) is 8.43. The summed E-state index contributed by atoms with van der Waals surface area (Å²) >= 11 is 1.70. The summed E-state index contributed by atoms with van der Waals surface area (Å²) < 4.78 is 0. The van der Waals surface area contributed by atoms with Crippen molar-refractivity contribution in [3.05, 3.63) is 17.7 Å². The van der Waals surface area contributed by atoms with E-state index in [0.717, 1.165) is 34.0 Å². The SMILES string of the molecule is CN(CC(O)C(O)C(O)C(O)CO)c1ccc(N)c2c1CCS2. The maximum atomic E-state index is 10.1. The van der Waals surface area contributed by atoms with Crippen molar-refractivity contribution in [3.8, 4) is 0 Å². The normalized spacial score (nSPS) is 19.0. The Kier molecular flexibility index (Phi) is 6.12. The summed E-state index contributed by atoms with van der Waals surface area (Å²) in [5, 5.41) is 47.8. The Morgan fingerprint density at radius 2 is 1.83 bits per heavy atom. The third kappa shape index (κ3) is 3.90. The molecule has 2 rings (SSSR count). The molecule has 4 unspecified atom stereocenters. The van der Waals surface area contributed by atoms with Crippen molar-refractivity contribution in [2.24, 2.45) is 0 Å². The van der Waals surface area contributed by atoms with Gasteiger partial charge in [-0.15, -0.1) is 11.8 Å². The van der Waals surface area contributed by atoms with Crippen LogP contribution in [0, 0.1) is 0 Å². The van der Waals surface area contributed by atoms with E-state index < -0.39 is 31.0 Å². The number of thioether (sulfide) groups is 1. The van der Waals surface area contributed by atoms with E-state index in [1.54, 1.807) is 23.7 Å². The number of anilines is 2. The van der Waals surface area contributed by atoms with E-state index >= 15 is 0 Å². The van der Waals surface area contributed by atoms with Gasteiger partial charge in [0, 0.05) is 35.6 Å². The maximum absolute atomic E-state index is 10.1. The molecule has 0 amide bonds. The average molecular weight is 344 g/mol. The molecular formula is C15H24N2O5S. The molecule has 1 aliphatic rings. The number of nitrogens with two attached hydrogens (primary N) is 1. The third-order valence-corrected chi connectivity index (χ3v) is 5.24. The molecule has 0 saturated carbocycles. The molecule has 4 atom stereocenters. The smallest absolute Gasteiger partial charge is 0.111 e. The minimum Gasteiger partial charge on any atom is -0.398 e. The van der Waals surface area contributed by atoms with Gasteiger partial charge >= 0.3 is 0 Å². The third-order valence-electron chi connectivity index (χ3n) is 4.06. The average Bonchev–Trinajstić information content (AvgIpc) is 3.03. The van der Waals surface area contributed by atoms with Crippen LogP contribution in [-0.4, -0.2) is 75.9 Å². The number of benzene rings is 1.